The summed E-state index contributed by atoms with van der Waals surface area (Å²) >= 11 is 0. The first-order chi connectivity index (χ1) is 5.65. The quantitative estimate of drug-likeness (QED) is 0.655. The Labute approximate surface area is 70.5 Å². The van der Waals surface area contributed by atoms with Gasteiger partial charge in [0.25, 0.3) is 5.56 Å². The van der Waals surface area contributed by atoms with E-state index in [1.54, 1.807) is 14.0 Å². The third-order valence-electron chi connectivity index (χ3n) is 1.69. The monoisotopic (exact) mass is 168 g/mol. The highest BCUT2D eigenvalue weighted by molar-refractivity contribution is 5.02. The van der Waals surface area contributed by atoms with Crippen LogP contribution in [0.5, 0.6) is 0 Å². The third kappa shape index (κ3) is 1.71. The molecule has 1 aromatic rings. The van der Waals surface area contributed by atoms with Crippen LogP contribution in [0.25, 0.3) is 0 Å². The Morgan fingerprint density at radius 1 is 1.67 bits per heavy atom. The van der Waals surface area contributed by atoms with Gasteiger partial charge in [0.1, 0.15) is 5.82 Å². The molecule has 0 aromatic carbocycles. The van der Waals surface area contributed by atoms with Gasteiger partial charge in [-0.3, -0.25) is 9.36 Å². The van der Waals surface area contributed by atoms with Crippen LogP contribution in [0.3, 0.4) is 0 Å². The molecule has 1 N–H and O–H groups in total. The van der Waals surface area contributed by atoms with Gasteiger partial charge in [0.2, 0.25) is 0 Å². The molecule has 0 saturated carbocycles. The maximum atomic E-state index is 11.2. The zero-order valence-corrected chi connectivity index (χ0v) is 7.24. The van der Waals surface area contributed by atoms with E-state index in [0.717, 1.165) is 0 Å². The molecular weight excluding hydrogens is 156 g/mol. The van der Waals surface area contributed by atoms with Crippen LogP contribution in [0, 0.1) is 6.92 Å². The second-order valence-electron chi connectivity index (χ2n) is 2.68. The van der Waals surface area contributed by atoms with E-state index in [0.29, 0.717) is 17.9 Å². The molecule has 0 saturated heterocycles. The highest BCUT2D eigenvalue weighted by atomic mass is 16.3. The van der Waals surface area contributed by atoms with Crippen molar-refractivity contribution in [1.82, 2.24) is 9.55 Å². The average molecular weight is 168 g/mol. The number of aliphatic hydroxyl groups is 1. The molecule has 1 heterocycles. The molecule has 1 rings (SSSR count). The minimum atomic E-state index is -0.0778. The molecule has 4 heteroatoms. The van der Waals surface area contributed by atoms with Crippen LogP contribution in [0.4, 0.5) is 0 Å². The number of aromatic nitrogens is 2. The molecule has 0 spiro atoms. The summed E-state index contributed by atoms with van der Waals surface area (Å²) in [5, 5.41) is 8.67. The zero-order chi connectivity index (χ0) is 9.14. The summed E-state index contributed by atoms with van der Waals surface area (Å²) < 4.78 is 1.45. The van der Waals surface area contributed by atoms with Crippen LogP contribution in [0.1, 0.15) is 11.5 Å². The van der Waals surface area contributed by atoms with E-state index in [4.69, 9.17) is 5.11 Å². The van der Waals surface area contributed by atoms with Gasteiger partial charge < -0.3 is 5.11 Å². The highest BCUT2D eigenvalue weighted by Crippen LogP contribution is 1.93. The lowest BCUT2D eigenvalue weighted by atomic mass is 10.3. The fraction of sp³-hybridized carbons (Fsp3) is 0.500. The van der Waals surface area contributed by atoms with Crippen LogP contribution >= 0.6 is 0 Å². The third-order valence-corrected chi connectivity index (χ3v) is 1.69. The van der Waals surface area contributed by atoms with E-state index in [1.807, 2.05) is 0 Å². The van der Waals surface area contributed by atoms with Crippen molar-refractivity contribution in [3.05, 3.63) is 27.9 Å². The molecule has 0 radical (unpaired) electrons. The van der Waals surface area contributed by atoms with E-state index < -0.39 is 0 Å². The molecule has 0 unspecified atom stereocenters. The van der Waals surface area contributed by atoms with Gasteiger partial charge in [0, 0.05) is 25.2 Å². The minimum Gasteiger partial charge on any atom is -0.396 e. The molecule has 4 nitrogen and oxygen atoms in total. The summed E-state index contributed by atoms with van der Waals surface area (Å²) in [6.45, 7) is 1.78. The van der Waals surface area contributed by atoms with Crippen molar-refractivity contribution in [2.24, 2.45) is 7.05 Å². The van der Waals surface area contributed by atoms with Gasteiger partial charge in [0.05, 0.1) is 6.61 Å². The molecule has 0 atom stereocenters. The summed E-state index contributed by atoms with van der Waals surface area (Å²) in [5.74, 6) is 0.627. The van der Waals surface area contributed by atoms with E-state index in [1.165, 1.54) is 10.6 Å². The number of aryl methyl sites for hydroxylation is 1. The zero-order valence-electron chi connectivity index (χ0n) is 7.24. The molecule has 0 aliphatic carbocycles. The van der Waals surface area contributed by atoms with Crippen molar-refractivity contribution in [1.29, 1.82) is 0 Å². The van der Waals surface area contributed by atoms with Gasteiger partial charge in [-0.2, -0.15) is 0 Å². The Morgan fingerprint density at radius 3 is 2.92 bits per heavy atom. The Bertz CT molecular complexity index is 330. The fourth-order valence-electron chi connectivity index (χ4n) is 1.04. The van der Waals surface area contributed by atoms with Crippen LogP contribution in [0.2, 0.25) is 0 Å². The van der Waals surface area contributed by atoms with Crippen molar-refractivity contribution in [2.75, 3.05) is 6.61 Å². The molecule has 66 valence electrons. The van der Waals surface area contributed by atoms with Crippen LogP contribution in [0.15, 0.2) is 10.9 Å². The highest BCUT2D eigenvalue weighted by Gasteiger charge is 2.01. The van der Waals surface area contributed by atoms with E-state index in [9.17, 15) is 4.79 Å². The first kappa shape index (κ1) is 8.93. The second kappa shape index (κ2) is 3.49. The van der Waals surface area contributed by atoms with Gasteiger partial charge in [-0.1, -0.05) is 0 Å². The van der Waals surface area contributed by atoms with Crippen LogP contribution in [-0.4, -0.2) is 21.3 Å². The van der Waals surface area contributed by atoms with Crippen molar-refractivity contribution >= 4 is 0 Å². The van der Waals surface area contributed by atoms with Gasteiger partial charge in [-0.15, -0.1) is 0 Å². The standard InChI is InChI=1S/C8H12N2O2/c1-6-5-8(12)10(2)7(9-6)3-4-11/h5,11H,3-4H2,1-2H3. The van der Waals surface area contributed by atoms with E-state index in [2.05, 4.69) is 4.98 Å². The first-order valence-corrected chi connectivity index (χ1v) is 3.79. The van der Waals surface area contributed by atoms with Crippen molar-refractivity contribution in [2.45, 2.75) is 13.3 Å². The number of hydrogen-bond donors (Lipinski definition) is 1. The Kier molecular flexibility index (Phi) is 2.60. The van der Waals surface area contributed by atoms with Gasteiger partial charge in [-0.05, 0) is 6.92 Å². The molecule has 0 aliphatic rings. The number of rotatable bonds is 2. The molecule has 0 fully saturated rings. The first-order valence-electron chi connectivity index (χ1n) is 3.79. The lowest BCUT2D eigenvalue weighted by Crippen LogP contribution is -2.22. The van der Waals surface area contributed by atoms with Crippen molar-refractivity contribution in [3.63, 3.8) is 0 Å². The summed E-state index contributed by atoms with van der Waals surface area (Å²) in [7, 11) is 1.65. The number of hydrogen-bond acceptors (Lipinski definition) is 3. The summed E-state index contributed by atoms with van der Waals surface area (Å²) in [5.41, 5.74) is 0.618. The molecule has 12 heavy (non-hydrogen) atoms. The maximum Gasteiger partial charge on any atom is 0.253 e. The van der Waals surface area contributed by atoms with Crippen molar-refractivity contribution in [3.8, 4) is 0 Å². The Balaban J connectivity index is 3.18. The largest absolute Gasteiger partial charge is 0.396 e. The summed E-state index contributed by atoms with van der Waals surface area (Å²) in [4.78, 5) is 15.3. The van der Waals surface area contributed by atoms with E-state index in [-0.39, 0.29) is 12.2 Å². The average Bonchev–Trinajstić information content (AvgIpc) is 2.00. The summed E-state index contributed by atoms with van der Waals surface area (Å²) in [6, 6.07) is 1.47. The smallest absolute Gasteiger partial charge is 0.253 e. The molecule has 1 aromatic heterocycles. The minimum absolute atomic E-state index is 0.0176. The summed E-state index contributed by atoms with van der Waals surface area (Å²) in [6.07, 6.45) is 0.424. The van der Waals surface area contributed by atoms with Gasteiger partial charge >= 0.3 is 0 Å². The van der Waals surface area contributed by atoms with Gasteiger partial charge in [0.15, 0.2) is 0 Å². The maximum absolute atomic E-state index is 11.2. The molecule has 0 bridgehead atoms. The lowest BCUT2D eigenvalue weighted by molar-refractivity contribution is 0.294. The van der Waals surface area contributed by atoms with E-state index >= 15 is 0 Å². The van der Waals surface area contributed by atoms with Gasteiger partial charge in [-0.25, -0.2) is 4.98 Å². The number of nitrogens with zero attached hydrogens (tertiary/aromatic N) is 2. The topological polar surface area (TPSA) is 55.1 Å². The number of aliphatic hydroxyl groups excluding tert-OH is 1. The lowest BCUT2D eigenvalue weighted by Gasteiger charge is -2.05. The normalized spacial score (nSPS) is 10.2. The van der Waals surface area contributed by atoms with Crippen molar-refractivity contribution < 1.29 is 5.11 Å². The molecule has 0 amide bonds. The predicted octanol–water partition coefficient (Wildman–Crippen LogP) is -0.376. The predicted molar refractivity (Wildman–Crippen MR) is 45.0 cm³/mol. The Morgan fingerprint density at radius 2 is 2.33 bits per heavy atom. The second-order valence-corrected chi connectivity index (χ2v) is 2.68. The van der Waals surface area contributed by atoms with Crippen LogP contribution < -0.4 is 5.56 Å². The van der Waals surface area contributed by atoms with Crippen LogP contribution in [-0.2, 0) is 13.5 Å². The SMILES string of the molecule is Cc1cc(=O)n(C)c(CCO)n1. The molecule has 0 aliphatic heterocycles. The molecular formula is C8H12N2O2. The Hall–Kier alpha value is -1.16. The fourth-order valence-corrected chi connectivity index (χ4v) is 1.04.